The van der Waals surface area contributed by atoms with Gasteiger partial charge in [-0.25, -0.2) is 4.98 Å². The van der Waals surface area contributed by atoms with E-state index in [1.165, 1.54) is 18.4 Å². The number of rotatable bonds is 6. The number of aryl methyl sites for hydroxylation is 2. The summed E-state index contributed by atoms with van der Waals surface area (Å²) in [5, 5.41) is 0. The summed E-state index contributed by atoms with van der Waals surface area (Å²) in [6, 6.07) is 2.08. The Labute approximate surface area is 126 Å². The van der Waals surface area contributed by atoms with Crippen LogP contribution in [0.15, 0.2) is 6.07 Å². The fourth-order valence-electron chi connectivity index (χ4n) is 2.56. The lowest BCUT2D eigenvalue weighted by molar-refractivity contribution is 0.285. The summed E-state index contributed by atoms with van der Waals surface area (Å²) in [5.41, 5.74) is 9.06. The number of nitrogens with two attached hydrogens (primary N) is 1. The standard InChI is InChI=1S/C16H24N2OS/c1-11(2)6-5-9-19-16-13(15(17)20)10-12-7-3-4-8-14(12)18-16/h10-11H,3-9H2,1-2H3,(H2,17,20). The largest absolute Gasteiger partial charge is 0.477 e. The topological polar surface area (TPSA) is 48.1 Å². The van der Waals surface area contributed by atoms with E-state index in [-0.39, 0.29) is 0 Å². The summed E-state index contributed by atoms with van der Waals surface area (Å²) in [6.45, 7) is 5.12. The minimum Gasteiger partial charge on any atom is -0.477 e. The fraction of sp³-hybridized carbons (Fsp3) is 0.625. The van der Waals surface area contributed by atoms with E-state index in [2.05, 4.69) is 24.9 Å². The lowest BCUT2D eigenvalue weighted by atomic mass is 9.95. The van der Waals surface area contributed by atoms with Gasteiger partial charge >= 0.3 is 0 Å². The number of pyridine rings is 1. The van der Waals surface area contributed by atoms with Gasteiger partial charge in [0.25, 0.3) is 0 Å². The first-order chi connectivity index (χ1) is 9.58. The Hall–Kier alpha value is -1.16. The summed E-state index contributed by atoms with van der Waals surface area (Å²) >= 11 is 5.13. The van der Waals surface area contributed by atoms with Gasteiger partial charge in [-0.3, -0.25) is 0 Å². The fourth-order valence-corrected chi connectivity index (χ4v) is 2.71. The Morgan fingerprint density at radius 2 is 2.15 bits per heavy atom. The van der Waals surface area contributed by atoms with Crippen LogP contribution in [0.25, 0.3) is 0 Å². The van der Waals surface area contributed by atoms with Crippen molar-refractivity contribution in [1.82, 2.24) is 4.98 Å². The summed E-state index contributed by atoms with van der Waals surface area (Å²) in [4.78, 5) is 5.04. The predicted octanol–water partition coefficient (Wildman–Crippen LogP) is 3.41. The van der Waals surface area contributed by atoms with Gasteiger partial charge in [-0.2, -0.15) is 0 Å². The van der Waals surface area contributed by atoms with Gasteiger partial charge in [0.2, 0.25) is 5.88 Å². The molecule has 0 amide bonds. The summed E-state index contributed by atoms with van der Waals surface area (Å²) in [5.74, 6) is 1.33. The molecule has 1 aliphatic rings. The lowest BCUT2D eigenvalue weighted by Crippen LogP contribution is -2.17. The molecule has 1 aromatic rings. The molecule has 0 atom stereocenters. The zero-order valence-electron chi connectivity index (χ0n) is 12.4. The van der Waals surface area contributed by atoms with Crippen molar-refractivity contribution in [3.63, 3.8) is 0 Å². The quantitative estimate of drug-likeness (QED) is 0.645. The van der Waals surface area contributed by atoms with Crippen molar-refractivity contribution in [1.29, 1.82) is 0 Å². The molecule has 0 aromatic carbocycles. The number of fused-ring (bicyclic) bond motifs is 1. The molecule has 2 rings (SSSR count). The van der Waals surface area contributed by atoms with Gasteiger partial charge in [0.15, 0.2) is 0 Å². The molecular formula is C16H24N2OS. The average Bonchev–Trinajstić information content (AvgIpc) is 2.42. The van der Waals surface area contributed by atoms with Crippen LogP contribution in [0.5, 0.6) is 5.88 Å². The number of aromatic nitrogens is 1. The first kappa shape index (κ1) is 15.2. The Bertz CT molecular complexity index is 486. The molecule has 2 N–H and O–H groups in total. The predicted molar refractivity (Wildman–Crippen MR) is 86.3 cm³/mol. The maximum Gasteiger partial charge on any atom is 0.224 e. The van der Waals surface area contributed by atoms with Crippen LogP contribution in [0.2, 0.25) is 0 Å². The van der Waals surface area contributed by atoms with Gasteiger partial charge in [0.1, 0.15) is 4.99 Å². The maximum absolute atomic E-state index is 5.84. The van der Waals surface area contributed by atoms with Crippen LogP contribution in [-0.2, 0) is 12.8 Å². The van der Waals surface area contributed by atoms with Crippen LogP contribution >= 0.6 is 12.2 Å². The number of thiocarbonyl (C=S) groups is 1. The second kappa shape index (κ2) is 7.02. The summed E-state index contributed by atoms with van der Waals surface area (Å²) in [7, 11) is 0. The summed E-state index contributed by atoms with van der Waals surface area (Å²) < 4.78 is 5.84. The van der Waals surface area contributed by atoms with E-state index in [4.69, 9.17) is 22.7 Å². The van der Waals surface area contributed by atoms with E-state index in [9.17, 15) is 0 Å². The van der Waals surface area contributed by atoms with Crippen LogP contribution in [-0.4, -0.2) is 16.6 Å². The van der Waals surface area contributed by atoms with Crippen molar-refractivity contribution in [3.8, 4) is 5.88 Å². The zero-order valence-corrected chi connectivity index (χ0v) is 13.3. The number of nitrogens with zero attached hydrogens (tertiary/aromatic N) is 1. The van der Waals surface area contributed by atoms with E-state index < -0.39 is 0 Å². The van der Waals surface area contributed by atoms with Gasteiger partial charge in [-0.05, 0) is 56.1 Å². The lowest BCUT2D eigenvalue weighted by Gasteiger charge is -2.18. The Balaban J connectivity index is 2.11. The van der Waals surface area contributed by atoms with Crippen molar-refractivity contribution < 1.29 is 4.74 Å². The van der Waals surface area contributed by atoms with Crippen molar-refractivity contribution in [3.05, 3.63) is 22.9 Å². The van der Waals surface area contributed by atoms with E-state index in [0.29, 0.717) is 23.4 Å². The number of ether oxygens (including phenoxy) is 1. The van der Waals surface area contributed by atoms with Gasteiger partial charge in [0, 0.05) is 5.69 Å². The highest BCUT2D eigenvalue weighted by atomic mass is 32.1. The molecule has 0 fully saturated rings. The molecule has 0 radical (unpaired) electrons. The molecule has 0 saturated carbocycles. The number of hydrogen-bond acceptors (Lipinski definition) is 3. The molecule has 110 valence electrons. The molecule has 4 heteroatoms. The highest BCUT2D eigenvalue weighted by molar-refractivity contribution is 7.80. The molecule has 0 saturated heterocycles. The van der Waals surface area contributed by atoms with E-state index in [1.807, 2.05) is 0 Å². The van der Waals surface area contributed by atoms with Crippen molar-refractivity contribution in [2.45, 2.75) is 52.4 Å². The number of hydrogen-bond donors (Lipinski definition) is 1. The maximum atomic E-state index is 5.84. The van der Waals surface area contributed by atoms with E-state index in [0.717, 1.165) is 36.9 Å². The Morgan fingerprint density at radius 1 is 1.40 bits per heavy atom. The smallest absolute Gasteiger partial charge is 0.224 e. The van der Waals surface area contributed by atoms with Gasteiger partial charge < -0.3 is 10.5 Å². The minimum atomic E-state index is 0.379. The molecule has 20 heavy (non-hydrogen) atoms. The normalized spacial score (nSPS) is 14.2. The molecular weight excluding hydrogens is 268 g/mol. The highest BCUT2D eigenvalue weighted by Gasteiger charge is 2.17. The minimum absolute atomic E-state index is 0.379. The Morgan fingerprint density at radius 3 is 2.85 bits per heavy atom. The average molecular weight is 292 g/mol. The van der Waals surface area contributed by atoms with Crippen LogP contribution < -0.4 is 10.5 Å². The third kappa shape index (κ3) is 3.92. The molecule has 0 spiro atoms. The van der Waals surface area contributed by atoms with Gasteiger partial charge in [-0.1, -0.05) is 26.1 Å². The SMILES string of the molecule is CC(C)CCCOc1nc2c(cc1C(N)=S)CCCC2. The van der Waals surface area contributed by atoms with Crippen molar-refractivity contribution in [2.24, 2.45) is 11.7 Å². The van der Waals surface area contributed by atoms with Crippen molar-refractivity contribution >= 4 is 17.2 Å². The second-order valence-corrected chi connectivity index (χ2v) is 6.34. The van der Waals surface area contributed by atoms with Crippen molar-refractivity contribution in [2.75, 3.05) is 6.61 Å². The third-order valence-corrected chi connectivity index (χ3v) is 3.92. The second-order valence-electron chi connectivity index (χ2n) is 5.90. The zero-order chi connectivity index (χ0) is 14.5. The molecule has 0 bridgehead atoms. The van der Waals surface area contributed by atoms with Gasteiger partial charge in [-0.15, -0.1) is 0 Å². The molecule has 0 unspecified atom stereocenters. The van der Waals surface area contributed by atoms with Crippen LogP contribution in [0.1, 0.15) is 56.4 Å². The van der Waals surface area contributed by atoms with Crippen LogP contribution in [0.3, 0.4) is 0 Å². The van der Waals surface area contributed by atoms with E-state index >= 15 is 0 Å². The molecule has 1 aliphatic carbocycles. The first-order valence-corrected chi connectivity index (χ1v) is 7.94. The van der Waals surface area contributed by atoms with Crippen LogP contribution in [0.4, 0.5) is 0 Å². The monoisotopic (exact) mass is 292 g/mol. The van der Waals surface area contributed by atoms with E-state index in [1.54, 1.807) is 0 Å². The Kier molecular flexibility index (Phi) is 5.35. The van der Waals surface area contributed by atoms with Crippen LogP contribution in [0, 0.1) is 5.92 Å². The molecule has 3 nitrogen and oxygen atoms in total. The first-order valence-electron chi connectivity index (χ1n) is 7.53. The van der Waals surface area contributed by atoms with Gasteiger partial charge in [0.05, 0.1) is 12.2 Å². The molecule has 1 heterocycles. The molecule has 1 aromatic heterocycles. The summed E-state index contributed by atoms with van der Waals surface area (Å²) in [6.07, 6.45) is 6.74. The highest BCUT2D eigenvalue weighted by Crippen LogP contribution is 2.26. The third-order valence-electron chi connectivity index (χ3n) is 3.70. The molecule has 0 aliphatic heterocycles.